The first-order valence-electron chi connectivity index (χ1n) is 8.06. The maximum atomic E-state index is 3.53. The van der Waals surface area contributed by atoms with Crippen LogP contribution >= 0.6 is 0 Å². The number of hydrogen-bond acceptors (Lipinski definition) is 0. The van der Waals surface area contributed by atoms with Crippen LogP contribution in [0.5, 0.6) is 0 Å². The summed E-state index contributed by atoms with van der Waals surface area (Å²) in [6, 6.07) is 0. The van der Waals surface area contributed by atoms with Crippen LogP contribution < -0.4 is 12.4 Å². The first-order valence-corrected chi connectivity index (χ1v) is 8.77. The van der Waals surface area contributed by atoms with Gasteiger partial charge in [-0.25, -0.2) is 0 Å². The van der Waals surface area contributed by atoms with Gasteiger partial charge >= 0.3 is 0 Å². The summed E-state index contributed by atoms with van der Waals surface area (Å²) in [6.45, 7) is 2.29. The van der Waals surface area contributed by atoms with E-state index in [-0.39, 0.29) is 12.4 Å². The van der Waals surface area contributed by atoms with Crippen LogP contribution in [0, 0.1) is 0 Å². The molecule has 0 saturated heterocycles. The third-order valence-corrected chi connectivity index (χ3v) is 3.88. The summed E-state index contributed by atoms with van der Waals surface area (Å²) in [5.41, 5.74) is 0. The van der Waals surface area contributed by atoms with Crippen LogP contribution in [0.1, 0.15) is 96.8 Å². The molecule has 0 rings (SSSR count). The minimum absolute atomic E-state index is 0. The molecule has 18 heavy (non-hydrogen) atoms. The van der Waals surface area contributed by atoms with Gasteiger partial charge in [-0.2, -0.15) is 0 Å². The predicted octanol–water partition coefficient (Wildman–Crippen LogP) is 2.48. The number of unbranched alkanes of at least 4 members (excludes halogenated alkanes) is 13. The average molecular weight is 295 g/mol. The van der Waals surface area contributed by atoms with Gasteiger partial charge in [-0.1, -0.05) is 84.0 Å². The molecule has 0 aliphatic carbocycles. The van der Waals surface area contributed by atoms with Crippen LogP contribution in [0.15, 0.2) is 0 Å². The monoisotopic (exact) mass is 294 g/mol. The summed E-state index contributed by atoms with van der Waals surface area (Å²) in [7, 11) is 0. The lowest BCUT2D eigenvalue weighted by Crippen LogP contribution is -3.00. The Balaban J connectivity index is 0. The molecule has 0 spiro atoms. The third-order valence-electron chi connectivity index (χ3n) is 3.53. The molecule has 0 saturated carbocycles. The molecule has 0 unspecified atom stereocenters. The van der Waals surface area contributed by atoms with Gasteiger partial charge in [0.05, 0.1) is 0 Å². The molecule has 0 aliphatic heterocycles. The van der Waals surface area contributed by atoms with Crippen molar-refractivity contribution in [2.45, 2.75) is 96.8 Å². The summed E-state index contributed by atoms with van der Waals surface area (Å²) in [6.07, 6.45) is 20.3. The molecule has 0 heterocycles. The van der Waals surface area contributed by atoms with Crippen molar-refractivity contribution in [1.29, 1.82) is 0 Å². The molecule has 0 radical (unpaired) electrons. The van der Waals surface area contributed by atoms with Crippen LogP contribution in [0.2, 0.25) is 0 Å². The first kappa shape index (κ1) is 20.9. The van der Waals surface area contributed by atoms with Crippen molar-refractivity contribution in [3.8, 4) is 0 Å². The van der Waals surface area contributed by atoms with E-state index in [0.717, 1.165) is 0 Å². The van der Waals surface area contributed by atoms with Gasteiger partial charge in [0.2, 0.25) is 0 Å². The molecular formula is C16H35ClS. The number of hydrogen-bond donors (Lipinski definition) is 0. The Morgan fingerprint density at radius 3 is 1.06 bits per heavy atom. The highest BCUT2D eigenvalue weighted by atomic mass is 35.5. The van der Waals surface area contributed by atoms with Crippen molar-refractivity contribution >= 4 is 12.6 Å². The Hall–Kier alpha value is 0.640. The van der Waals surface area contributed by atoms with E-state index >= 15 is 0 Å². The molecule has 0 aromatic carbocycles. The van der Waals surface area contributed by atoms with Crippen molar-refractivity contribution in [1.82, 2.24) is 0 Å². The molecule has 0 N–H and O–H groups in total. The van der Waals surface area contributed by atoms with Crippen LogP contribution in [0.25, 0.3) is 0 Å². The highest BCUT2D eigenvalue weighted by Gasteiger charge is 1.93. The van der Waals surface area contributed by atoms with Crippen LogP contribution in [-0.2, 0) is 12.6 Å². The molecule has 0 atom stereocenters. The molecule has 2 heteroatoms. The normalized spacial score (nSPS) is 10.3. The Labute approximate surface area is 128 Å². The summed E-state index contributed by atoms with van der Waals surface area (Å²) < 4.78 is 0. The van der Waals surface area contributed by atoms with Crippen molar-refractivity contribution in [2.24, 2.45) is 0 Å². The smallest absolute Gasteiger partial charge is 0.103 e. The molecule has 0 nitrogen and oxygen atoms in total. The molecule has 0 aromatic rings. The molecular weight excluding hydrogens is 260 g/mol. The van der Waals surface area contributed by atoms with Gasteiger partial charge in [-0.15, -0.1) is 0 Å². The van der Waals surface area contributed by atoms with Crippen LogP contribution in [-0.4, -0.2) is 5.75 Å². The summed E-state index contributed by atoms with van der Waals surface area (Å²) in [4.78, 5) is 0. The largest absolute Gasteiger partial charge is 1.00 e. The fourth-order valence-electron chi connectivity index (χ4n) is 2.32. The fourth-order valence-corrected chi connectivity index (χ4v) is 2.57. The molecule has 0 amide bonds. The molecule has 0 bridgehead atoms. The van der Waals surface area contributed by atoms with Crippen molar-refractivity contribution in [3.63, 3.8) is 0 Å². The van der Waals surface area contributed by atoms with E-state index in [0.29, 0.717) is 0 Å². The quantitative estimate of drug-likeness (QED) is 0.341. The highest BCUT2D eigenvalue weighted by Crippen LogP contribution is 2.12. The number of rotatable bonds is 14. The average Bonchev–Trinajstić information content (AvgIpc) is 2.35. The van der Waals surface area contributed by atoms with E-state index in [4.69, 9.17) is 0 Å². The Bertz CT molecular complexity index is 114. The molecule has 0 aliphatic rings. The Morgan fingerprint density at radius 1 is 0.500 bits per heavy atom. The van der Waals surface area contributed by atoms with Crippen molar-refractivity contribution in [3.05, 3.63) is 0 Å². The van der Waals surface area contributed by atoms with Gasteiger partial charge < -0.3 is 12.4 Å². The predicted molar refractivity (Wildman–Crippen MR) is 85.3 cm³/mol. The van der Waals surface area contributed by atoms with E-state index in [2.05, 4.69) is 19.6 Å². The fraction of sp³-hybridized carbons (Fsp3) is 1.00. The zero-order valence-electron chi connectivity index (χ0n) is 12.5. The van der Waals surface area contributed by atoms with Crippen molar-refractivity contribution in [2.75, 3.05) is 5.75 Å². The van der Waals surface area contributed by atoms with Crippen LogP contribution in [0.3, 0.4) is 0 Å². The van der Waals surface area contributed by atoms with Gasteiger partial charge in [-0.05, 0) is 25.5 Å². The Morgan fingerprint density at radius 2 is 0.778 bits per heavy atom. The van der Waals surface area contributed by atoms with Crippen molar-refractivity contribution < 1.29 is 12.4 Å². The summed E-state index contributed by atoms with van der Waals surface area (Å²) in [5, 5.41) is 0. The molecule has 112 valence electrons. The van der Waals surface area contributed by atoms with Gasteiger partial charge in [0, 0.05) is 0 Å². The zero-order valence-corrected chi connectivity index (χ0v) is 14.2. The van der Waals surface area contributed by atoms with Gasteiger partial charge in [0.1, 0.15) is 5.75 Å². The second-order valence-corrected chi connectivity index (χ2v) is 5.85. The standard InChI is InChI=1S/C16H34S.ClH/c1-2-3-4-5-6-7-8-9-10-11-12-13-14-15-16-17;/h17H,2-16H2,1H3;1H. The minimum Gasteiger partial charge on any atom is -1.00 e. The first-order chi connectivity index (χ1) is 8.41. The number of halogens is 1. The third kappa shape index (κ3) is 19.0. The SMILES string of the molecule is CCCCCCCCCCCCCCCC[SH2+].[Cl-]. The minimum atomic E-state index is 0. The van der Waals surface area contributed by atoms with Gasteiger partial charge in [0.15, 0.2) is 0 Å². The topological polar surface area (TPSA) is 0 Å². The highest BCUT2D eigenvalue weighted by molar-refractivity contribution is 7.58. The second-order valence-electron chi connectivity index (χ2n) is 5.35. The van der Waals surface area contributed by atoms with Gasteiger partial charge in [-0.3, -0.25) is 0 Å². The van der Waals surface area contributed by atoms with E-state index in [1.807, 2.05) is 0 Å². The van der Waals surface area contributed by atoms with E-state index in [1.165, 1.54) is 95.6 Å². The lowest BCUT2D eigenvalue weighted by molar-refractivity contribution is -0.00000374. The maximum Gasteiger partial charge on any atom is 0.103 e. The molecule has 0 aromatic heterocycles. The van der Waals surface area contributed by atoms with E-state index in [9.17, 15) is 0 Å². The zero-order chi connectivity index (χ0) is 12.6. The maximum absolute atomic E-state index is 3.53. The van der Waals surface area contributed by atoms with E-state index < -0.39 is 0 Å². The second kappa shape index (κ2) is 20.0. The lowest BCUT2D eigenvalue weighted by Gasteiger charge is -2.02. The molecule has 0 fully saturated rings. The lowest BCUT2D eigenvalue weighted by atomic mass is 10.0. The summed E-state index contributed by atoms with van der Waals surface area (Å²) >= 11 is 3.53. The van der Waals surface area contributed by atoms with Gasteiger partial charge in [0.25, 0.3) is 0 Å². The Kier molecular flexibility index (Phi) is 23.2. The summed E-state index contributed by atoms with van der Waals surface area (Å²) in [5.74, 6) is 1.18. The van der Waals surface area contributed by atoms with Crippen LogP contribution in [0.4, 0.5) is 0 Å². The van der Waals surface area contributed by atoms with E-state index in [1.54, 1.807) is 0 Å².